The van der Waals surface area contributed by atoms with Crippen molar-refractivity contribution in [3.8, 4) is 0 Å². The van der Waals surface area contributed by atoms with Crippen LogP contribution in [-0.2, 0) is 0 Å². The van der Waals surface area contributed by atoms with Gasteiger partial charge in [0, 0.05) is 19.6 Å². The Labute approximate surface area is 107 Å². The maximum absolute atomic E-state index is 12.1. The molecule has 1 saturated heterocycles. The molecule has 0 aromatic carbocycles. The molecule has 100 valence electrons. The van der Waals surface area contributed by atoms with E-state index >= 15 is 0 Å². The minimum Gasteiger partial charge on any atom is -0.336 e. The minimum atomic E-state index is -0.0531. The molecule has 2 heterocycles. The first-order valence-electron chi connectivity index (χ1n) is 6.39. The van der Waals surface area contributed by atoms with E-state index in [0.29, 0.717) is 17.6 Å². The van der Waals surface area contributed by atoms with Crippen molar-refractivity contribution in [1.29, 1.82) is 0 Å². The molecule has 0 radical (unpaired) electrons. The molecule has 1 aliphatic heterocycles. The standard InChI is InChI=1S/C12H21N5O/c1-9-13-11(15-14-9)12(18)17-6-4-10(5-7-17)8-16(2)3/h10H,4-8H2,1-3H3,(H,13,14,15). The molecule has 0 saturated carbocycles. The lowest BCUT2D eigenvalue weighted by atomic mass is 9.96. The molecule has 0 aliphatic carbocycles. The summed E-state index contributed by atoms with van der Waals surface area (Å²) in [5, 5.41) is 6.63. The number of nitrogens with zero attached hydrogens (tertiary/aromatic N) is 4. The Bertz CT molecular complexity index is 406. The van der Waals surface area contributed by atoms with Crippen LogP contribution in [0.5, 0.6) is 0 Å². The zero-order chi connectivity index (χ0) is 13.1. The molecule has 6 nitrogen and oxygen atoms in total. The van der Waals surface area contributed by atoms with Crippen molar-refractivity contribution in [2.75, 3.05) is 33.7 Å². The van der Waals surface area contributed by atoms with Gasteiger partial charge in [-0.05, 0) is 39.8 Å². The van der Waals surface area contributed by atoms with Gasteiger partial charge in [0.15, 0.2) is 0 Å². The van der Waals surface area contributed by atoms with Gasteiger partial charge < -0.3 is 9.80 Å². The van der Waals surface area contributed by atoms with Crippen LogP contribution in [-0.4, -0.2) is 64.6 Å². The Hall–Kier alpha value is -1.43. The van der Waals surface area contributed by atoms with Gasteiger partial charge in [0.2, 0.25) is 5.82 Å². The van der Waals surface area contributed by atoms with Crippen molar-refractivity contribution in [2.24, 2.45) is 5.92 Å². The number of hydrogen-bond acceptors (Lipinski definition) is 4. The van der Waals surface area contributed by atoms with Crippen LogP contribution in [0.3, 0.4) is 0 Å². The third kappa shape index (κ3) is 3.07. The van der Waals surface area contributed by atoms with Crippen LogP contribution in [0.15, 0.2) is 0 Å². The average Bonchev–Trinajstić information content (AvgIpc) is 2.75. The van der Waals surface area contributed by atoms with Gasteiger partial charge in [-0.2, -0.15) is 0 Å². The van der Waals surface area contributed by atoms with Gasteiger partial charge in [0.25, 0.3) is 5.91 Å². The van der Waals surface area contributed by atoms with E-state index in [9.17, 15) is 4.79 Å². The van der Waals surface area contributed by atoms with E-state index < -0.39 is 0 Å². The van der Waals surface area contributed by atoms with Crippen LogP contribution in [0.25, 0.3) is 0 Å². The summed E-state index contributed by atoms with van der Waals surface area (Å²) in [6.45, 7) is 4.52. The molecular formula is C12H21N5O. The van der Waals surface area contributed by atoms with E-state index in [2.05, 4.69) is 34.2 Å². The number of nitrogens with one attached hydrogen (secondary N) is 1. The Balaban J connectivity index is 1.88. The topological polar surface area (TPSA) is 65.1 Å². The molecule has 0 atom stereocenters. The van der Waals surface area contributed by atoms with Crippen LogP contribution >= 0.6 is 0 Å². The SMILES string of the molecule is Cc1nc(C(=O)N2CCC(CN(C)C)CC2)n[nH]1. The lowest BCUT2D eigenvalue weighted by Gasteiger charge is -2.32. The molecule has 18 heavy (non-hydrogen) atoms. The number of piperidine rings is 1. The van der Waals surface area contributed by atoms with Crippen molar-refractivity contribution in [3.05, 3.63) is 11.6 Å². The lowest BCUT2D eigenvalue weighted by molar-refractivity contribution is 0.0666. The predicted octanol–water partition coefficient (Wildman–Crippen LogP) is 0.527. The van der Waals surface area contributed by atoms with E-state index in [1.165, 1.54) is 0 Å². The number of hydrogen-bond donors (Lipinski definition) is 1. The van der Waals surface area contributed by atoms with Gasteiger partial charge in [-0.3, -0.25) is 9.89 Å². The van der Waals surface area contributed by atoms with Gasteiger partial charge in [-0.15, -0.1) is 5.10 Å². The van der Waals surface area contributed by atoms with E-state index in [0.717, 1.165) is 32.5 Å². The van der Waals surface area contributed by atoms with Crippen LogP contribution < -0.4 is 0 Å². The maximum Gasteiger partial charge on any atom is 0.293 e. The number of amides is 1. The molecule has 1 amide bonds. The highest BCUT2D eigenvalue weighted by molar-refractivity contribution is 5.90. The second-order valence-electron chi connectivity index (χ2n) is 5.24. The number of aromatic amines is 1. The quantitative estimate of drug-likeness (QED) is 0.851. The van der Waals surface area contributed by atoms with Gasteiger partial charge in [0.1, 0.15) is 5.82 Å². The zero-order valence-corrected chi connectivity index (χ0v) is 11.3. The molecule has 0 unspecified atom stereocenters. The molecule has 6 heteroatoms. The summed E-state index contributed by atoms with van der Waals surface area (Å²) >= 11 is 0. The van der Waals surface area contributed by atoms with Gasteiger partial charge in [0.05, 0.1) is 0 Å². The smallest absolute Gasteiger partial charge is 0.293 e. The summed E-state index contributed by atoms with van der Waals surface area (Å²) in [6.07, 6.45) is 2.13. The first-order valence-corrected chi connectivity index (χ1v) is 6.39. The second kappa shape index (κ2) is 5.48. The minimum absolute atomic E-state index is 0.0531. The summed E-state index contributed by atoms with van der Waals surface area (Å²) in [7, 11) is 4.18. The fourth-order valence-electron chi connectivity index (χ4n) is 2.41. The second-order valence-corrected chi connectivity index (χ2v) is 5.24. The zero-order valence-electron chi connectivity index (χ0n) is 11.3. The number of rotatable bonds is 3. The fourth-order valence-corrected chi connectivity index (χ4v) is 2.41. The molecule has 0 spiro atoms. The van der Waals surface area contributed by atoms with Crippen molar-refractivity contribution in [2.45, 2.75) is 19.8 Å². The number of carbonyl (C=O) groups is 1. The predicted molar refractivity (Wildman–Crippen MR) is 68.3 cm³/mol. The van der Waals surface area contributed by atoms with E-state index in [-0.39, 0.29) is 5.91 Å². The van der Waals surface area contributed by atoms with E-state index in [1.807, 2.05) is 4.90 Å². The third-order valence-electron chi connectivity index (χ3n) is 3.31. The average molecular weight is 251 g/mol. The Kier molecular flexibility index (Phi) is 3.96. The van der Waals surface area contributed by atoms with E-state index in [1.54, 1.807) is 6.92 Å². The molecule has 0 bridgehead atoms. The molecule has 1 aliphatic rings. The third-order valence-corrected chi connectivity index (χ3v) is 3.31. The number of carbonyl (C=O) groups excluding carboxylic acids is 1. The Morgan fingerprint density at radius 1 is 1.44 bits per heavy atom. The number of H-pyrrole nitrogens is 1. The highest BCUT2D eigenvalue weighted by Crippen LogP contribution is 2.18. The number of aromatic nitrogens is 3. The molecule has 1 aromatic heterocycles. The maximum atomic E-state index is 12.1. The number of aryl methyl sites for hydroxylation is 1. The first kappa shape index (κ1) is 13.0. The van der Waals surface area contributed by atoms with Crippen LogP contribution in [0.2, 0.25) is 0 Å². The van der Waals surface area contributed by atoms with Crippen LogP contribution in [0, 0.1) is 12.8 Å². The van der Waals surface area contributed by atoms with Gasteiger partial charge in [-0.25, -0.2) is 4.98 Å². The Morgan fingerprint density at radius 2 is 2.11 bits per heavy atom. The molecule has 1 fully saturated rings. The first-order chi connectivity index (χ1) is 8.56. The summed E-state index contributed by atoms with van der Waals surface area (Å²) in [4.78, 5) is 20.3. The highest BCUT2D eigenvalue weighted by Gasteiger charge is 2.25. The van der Waals surface area contributed by atoms with Crippen molar-refractivity contribution >= 4 is 5.91 Å². The fraction of sp³-hybridized carbons (Fsp3) is 0.750. The van der Waals surface area contributed by atoms with Crippen molar-refractivity contribution < 1.29 is 4.79 Å². The molecule has 1 aromatic rings. The Morgan fingerprint density at radius 3 is 2.61 bits per heavy atom. The molecular weight excluding hydrogens is 230 g/mol. The normalized spacial score (nSPS) is 17.4. The van der Waals surface area contributed by atoms with Crippen molar-refractivity contribution in [3.63, 3.8) is 0 Å². The van der Waals surface area contributed by atoms with Crippen LogP contribution in [0.4, 0.5) is 0 Å². The number of likely N-dealkylation sites (tertiary alicyclic amines) is 1. The molecule has 2 rings (SSSR count). The summed E-state index contributed by atoms with van der Waals surface area (Å²) in [6, 6.07) is 0. The monoisotopic (exact) mass is 251 g/mol. The van der Waals surface area contributed by atoms with Gasteiger partial charge in [-0.1, -0.05) is 0 Å². The molecule has 1 N–H and O–H groups in total. The van der Waals surface area contributed by atoms with E-state index in [4.69, 9.17) is 0 Å². The van der Waals surface area contributed by atoms with Gasteiger partial charge >= 0.3 is 0 Å². The lowest BCUT2D eigenvalue weighted by Crippen LogP contribution is -2.41. The van der Waals surface area contributed by atoms with Crippen molar-refractivity contribution in [1.82, 2.24) is 25.0 Å². The largest absolute Gasteiger partial charge is 0.336 e. The van der Waals surface area contributed by atoms with Crippen LogP contribution in [0.1, 0.15) is 29.3 Å². The highest BCUT2D eigenvalue weighted by atomic mass is 16.2. The summed E-state index contributed by atoms with van der Waals surface area (Å²) in [5.41, 5.74) is 0. The summed E-state index contributed by atoms with van der Waals surface area (Å²) < 4.78 is 0. The summed E-state index contributed by atoms with van der Waals surface area (Å²) in [5.74, 6) is 1.61.